The van der Waals surface area contributed by atoms with Gasteiger partial charge in [0.2, 0.25) is 0 Å². The van der Waals surface area contributed by atoms with E-state index in [9.17, 15) is 14.7 Å². The van der Waals surface area contributed by atoms with Crippen molar-refractivity contribution in [3.05, 3.63) is 0 Å². The van der Waals surface area contributed by atoms with E-state index in [2.05, 4.69) is 19.2 Å². The Morgan fingerprint density at radius 1 is 1.24 bits per heavy atom. The van der Waals surface area contributed by atoms with Gasteiger partial charge >= 0.3 is 12.1 Å². The summed E-state index contributed by atoms with van der Waals surface area (Å²) in [4.78, 5) is 23.3. The molecule has 0 aliphatic rings. The molecule has 124 valence electrons. The normalized spacial score (nSPS) is 15.2. The highest BCUT2D eigenvalue weighted by Crippen LogP contribution is 2.31. The third-order valence-electron chi connectivity index (χ3n) is 3.04. The Balaban J connectivity index is 4.80. The monoisotopic (exact) mass is 319 g/mol. The van der Waals surface area contributed by atoms with Crippen LogP contribution in [0.3, 0.4) is 0 Å². The molecule has 0 radical (unpaired) electrons. The van der Waals surface area contributed by atoms with Gasteiger partial charge < -0.3 is 15.2 Å². The number of carboxylic acids is 1. The van der Waals surface area contributed by atoms with Gasteiger partial charge in [0.1, 0.15) is 11.6 Å². The van der Waals surface area contributed by atoms with E-state index in [1.807, 2.05) is 13.8 Å². The van der Waals surface area contributed by atoms with Crippen molar-refractivity contribution in [3.8, 4) is 0 Å². The molecule has 0 saturated heterocycles. The summed E-state index contributed by atoms with van der Waals surface area (Å²) in [5.41, 5.74) is -0.652. The summed E-state index contributed by atoms with van der Waals surface area (Å²) in [5.74, 6) is 0.302. The predicted molar refractivity (Wildman–Crippen MR) is 86.8 cm³/mol. The molecule has 1 amide bonds. The van der Waals surface area contributed by atoms with Gasteiger partial charge in [0, 0.05) is 4.75 Å². The van der Waals surface area contributed by atoms with E-state index in [4.69, 9.17) is 4.74 Å². The number of rotatable bonds is 7. The van der Waals surface area contributed by atoms with Crippen LogP contribution in [0.15, 0.2) is 0 Å². The van der Waals surface area contributed by atoms with Crippen LogP contribution in [0.25, 0.3) is 0 Å². The Morgan fingerprint density at radius 2 is 1.76 bits per heavy atom. The van der Waals surface area contributed by atoms with Crippen molar-refractivity contribution in [1.29, 1.82) is 0 Å². The van der Waals surface area contributed by atoms with Gasteiger partial charge in [-0.3, -0.25) is 0 Å². The van der Waals surface area contributed by atoms with Gasteiger partial charge in [-0.2, -0.15) is 11.8 Å². The van der Waals surface area contributed by atoms with Crippen LogP contribution >= 0.6 is 11.8 Å². The second-order valence-electron chi connectivity index (χ2n) is 6.85. The highest BCUT2D eigenvalue weighted by atomic mass is 32.2. The smallest absolute Gasteiger partial charge is 0.408 e. The Labute approximate surface area is 132 Å². The lowest BCUT2D eigenvalue weighted by Gasteiger charge is -2.33. The van der Waals surface area contributed by atoms with E-state index in [0.717, 1.165) is 12.2 Å². The lowest BCUT2D eigenvalue weighted by atomic mass is 10.0. The van der Waals surface area contributed by atoms with E-state index in [1.54, 1.807) is 32.5 Å². The van der Waals surface area contributed by atoms with Crippen molar-refractivity contribution in [2.45, 2.75) is 71.3 Å². The number of thioether (sulfide) groups is 1. The van der Waals surface area contributed by atoms with Crippen LogP contribution in [0.1, 0.15) is 54.9 Å². The standard InChI is InChI=1S/C15H29NO4S/c1-8-10(2)9-21-15(6,7)11(12(17)18)16-13(19)20-14(3,4)5/h10-11H,8-9H2,1-7H3,(H,16,19)(H,17,18). The molecule has 0 aromatic heterocycles. The van der Waals surface area contributed by atoms with Crippen LogP contribution < -0.4 is 5.32 Å². The van der Waals surface area contributed by atoms with Crippen molar-refractivity contribution in [2.24, 2.45) is 5.92 Å². The predicted octanol–water partition coefficient (Wildman–Crippen LogP) is 3.52. The highest BCUT2D eigenvalue weighted by Gasteiger charge is 2.38. The maximum atomic E-state index is 11.8. The first-order valence-corrected chi connectivity index (χ1v) is 8.24. The van der Waals surface area contributed by atoms with Gasteiger partial charge in [0.25, 0.3) is 0 Å². The van der Waals surface area contributed by atoms with Crippen molar-refractivity contribution < 1.29 is 19.4 Å². The molecule has 0 spiro atoms. The number of alkyl carbamates (subject to hydrolysis) is 1. The molecule has 0 aliphatic carbocycles. The second-order valence-corrected chi connectivity index (χ2v) is 8.52. The van der Waals surface area contributed by atoms with E-state index < -0.39 is 28.5 Å². The van der Waals surface area contributed by atoms with E-state index in [0.29, 0.717) is 5.92 Å². The van der Waals surface area contributed by atoms with Gasteiger partial charge in [0.05, 0.1) is 0 Å². The lowest BCUT2D eigenvalue weighted by Crippen LogP contribution is -2.53. The summed E-state index contributed by atoms with van der Waals surface area (Å²) in [7, 11) is 0. The van der Waals surface area contributed by atoms with Crippen molar-refractivity contribution in [2.75, 3.05) is 5.75 Å². The molecule has 0 bridgehead atoms. The summed E-state index contributed by atoms with van der Waals surface area (Å²) >= 11 is 1.56. The largest absolute Gasteiger partial charge is 0.480 e. The van der Waals surface area contributed by atoms with Crippen LogP contribution in [-0.2, 0) is 9.53 Å². The maximum absolute atomic E-state index is 11.8. The average molecular weight is 319 g/mol. The average Bonchev–Trinajstić information content (AvgIpc) is 2.30. The van der Waals surface area contributed by atoms with Gasteiger partial charge in [-0.05, 0) is 46.3 Å². The van der Waals surface area contributed by atoms with Crippen molar-refractivity contribution in [3.63, 3.8) is 0 Å². The molecule has 21 heavy (non-hydrogen) atoms. The summed E-state index contributed by atoms with van der Waals surface area (Å²) in [6.07, 6.45) is 0.340. The van der Waals surface area contributed by atoms with Crippen LogP contribution in [0, 0.1) is 5.92 Å². The fourth-order valence-corrected chi connectivity index (χ4v) is 2.79. The minimum absolute atomic E-state index is 0.505. The maximum Gasteiger partial charge on any atom is 0.408 e. The summed E-state index contributed by atoms with van der Waals surface area (Å²) in [6.45, 7) is 13.1. The second kappa shape index (κ2) is 7.92. The number of hydrogen-bond donors (Lipinski definition) is 2. The van der Waals surface area contributed by atoms with Crippen LogP contribution in [0.4, 0.5) is 4.79 Å². The first kappa shape index (κ1) is 20.1. The van der Waals surface area contributed by atoms with Crippen molar-refractivity contribution in [1.82, 2.24) is 5.32 Å². The first-order chi connectivity index (χ1) is 9.39. The number of hydrogen-bond acceptors (Lipinski definition) is 4. The molecule has 0 rings (SSSR count). The number of carbonyl (C=O) groups is 2. The molecule has 0 aromatic carbocycles. The number of ether oxygens (including phenoxy) is 1. The topological polar surface area (TPSA) is 75.6 Å². The zero-order valence-corrected chi connectivity index (χ0v) is 15.0. The van der Waals surface area contributed by atoms with Crippen molar-refractivity contribution >= 4 is 23.8 Å². The van der Waals surface area contributed by atoms with Crippen LogP contribution in [0.5, 0.6) is 0 Å². The molecular formula is C15H29NO4S. The van der Waals surface area contributed by atoms with Gasteiger partial charge in [-0.1, -0.05) is 20.3 Å². The minimum atomic E-state index is -1.05. The van der Waals surface area contributed by atoms with E-state index in [1.165, 1.54) is 0 Å². The summed E-state index contributed by atoms with van der Waals surface area (Å²) in [6, 6.07) is -0.999. The molecule has 0 fully saturated rings. The molecule has 0 saturated carbocycles. The lowest BCUT2D eigenvalue weighted by molar-refractivity contribution is -0.140. The Kier molecular flexibility index (Phi) is 7.57. The molecule has 0 aliphatic heterocycles. The zero-order valence-electron chi connectivity index (χ0n) is 14.1. The number of carboxylic acid groups (broad SMARTS) is 1. The molecule has 5 nitrogen and oxygen atoms in total. The minimum Gasteiger partial charge on any atom is -0.480 e. The molecule has 2 unspecified atom stereocenters. The third kappa shape index (κ3) is 8.19. The first-order valence-electron chi connectivity index (χ1n) is 7.25. The van der Waals surface area contributed by atoms with Crippen LogP contribution in [-0.4, -0.2) is 39.3 Å². The number of nitrogens with one attached hydrogen (secondary N) is 1. The quantitative estimate of drug-likeness (QED) is 0.751. The fraction of sp³-hybridized carbons (Fsp3) is 0.867. The van der Waals surface area contributed by atoms with Gasteiger partial charge in [-0.15, -0.1) is 0 Å². The van der Waals surface area contributed by atoms with E-state index >= 15 is 0 Å². The Morgan fingerprint density at radius 3 is 2.14 bits per heavy atom. The SMILES string of the molecule is CCC(C)CSC(C)(C)C(NC(=O)OC(C)(C)C)C(=O)O. The Hall–Kier alpha value is -0.910. The molecule has 2 N–H and O–H groups in total. The molecule has 6 heteroatoms. The third-order valence-corrected chi connectivity index (χ3v) is 4.76. The van der Waals surface area contributed by atoms with Gasteiger partial charge in [0.15, 0.2) is 0 Å². The molecule has 0 heterocycles. The summed E-state index contributed by atoms with van der Waals surface area (Å²) < 4.78 is 4.52. The number of aliphatic carboxylic acids is 1. The molecule has 2 atom stereocenters. The number of amides is 1. The van der Waals surface area contributed by atoms with Crippen LogP contribution in [0.2, 0.25) is 0 Å². The highest BCUT2D eigenvalue weighted by molar-refractivity contribution is 8.00. The zero-order chi connectivity index (χ0) is 16.8. The Bertz CT molecular complexity index is 363. The fourth-order valence-electron chi connectivity index (χ4n) is 1.52. The molecular weight excluding hydrogens is 290 g/mol. The van der Waals surface area contributed by atoms with Gasteiger partial charge in [-0.25, -0.2) is 9.59 Å². The molecule has 0 aromatic rings. The number of carbonyl (C=O) groups excluding carboxylic acids is 1. The summed E-state index contributed by atoms with van der Waals surface area (Å²) in [5, 5.41) is 11.9. The van der Waals surface area contributed by atoms with E-state index in [-0.39, 0.29) is 0 Å².